The molecule has 40 heavy (non-hydrogen) atoms. The average molecular weight is 548 g/mol. The Labute approximate surface area is 230 Å². The summed E-state index contributed by atoms with van der Waals surface area (Å²) in [6.45, 7) is 5.92. The Morgan fingerprint density at radius 1 is 1.00 bits per heavy atom. The molecule has 206 valence electrons. The SMILES string of the molecule is Cc1ccc(CN2CCOCC2)cc1NC(=O)c1ccc(Nc2ncc(C(F)(F)F)c(-c3ccccc3)n2)cc1. The van der Waals surface area contributed by atoms with Gasteiger partial charge in [0.15, 0.2) is 0 Å². The lowest BCUT2D eigenvalue weighted by Gasteiger charge is -2.26. The Morgan fingerprint density at radius 2 is 1.73 bits per heavy atom. The second kappa shape index (κ2) is 11.8. The van der Waals surface area contributed by atoms with Crippen molar-refractivity contribution in [2.24, 2.45) is 0 Å². The van der Waals surface area contributed by atoms with Crippen LogP contribution in [0.25, 0.3) is 11.3 Å². The number of morpholine rings is 1. The molecular formula is C30H28F3N5O2. The van der Waals surface area contributed by atoms with Crippen molar-refractivity contribution >= 4 is 23.2 Å². The van der Waals surface area contributed by atoms with E-state index in [0.717, 1.165) is 55.9 Å². The van der Waals surface area contributed by atoms with Gasteiger partial charge in [-0.2, -0.15) is 13.2 Å². The van der Waals surface area contributed by atoms with Crippen LogP contribution in [0.5, 0.6) is 0 Å². The number of amides is 1. The summed E-state index contributed by atoms with van der Waals surface area (Å²) in [6.07, 6.45) is -3.83. The molecule has 3 aromatic carbocycles. The molecular weight excluding hydrogens is 519 g/mol. The Bertz CT molecular complexity index is 1470. The second-order valence-electron chi connectivity index (χ2n) is 9.51. The first-order valence-corrected chi connectivity index (χ1v) is 12.8. The molecule has 1 saturated heterocycles. The quantitative estimate of drug-likeness (QED) is 0.283. The Balaban J connectivity index is 1.28. The van der Waals surface area contributed by atoms with E-state index in [0.29, 0.717) is 16.8 Å². The summed E-state index contributed by atoms with van der Waals surface area (Å²) < 4.78 is 46.1. The number of benzene rings is 3. The van der Waals surface area contributed by atoms with Crippen molar-refractivity contribution < 1.29 is 22.7 Å². The highest BCUT2D eigenvalue weighted by molar-refractivity contribution is 6.04. The van der Waals surface area contributed by atoms with Crippen molar-refractivity contribution in [3.05, 3.63) is 101 Å². The lowest BCUT2D eigenvalue weighted by atomic mass is 10.1. The van der Waals surface area contributed by atoms with E-state index in [1.54, 1.807) is 54.6 Å². The Morgan fingerprint density at radius 3 is 2.42 bits per heavy atom. The molecule has 0 unspecified atom stereocenters. The highest BCUT2D eigenvalue weighted by Gasteiger charge is 2.35. The number of carbonyl (C=O) groups is 1. The van der Waals surface area contributed by atoms with Gasteiger partial charge in [0.2, 0.25) is 5.95 Å². The zero-order valence-corrected chi connectivity index (χ0v) is 21.8. The molecule has 4 aromatic rings. The lowest BCUT2D eigenvalue weighted by molar-refractivity contribution is -0.137. The van der Waals surface area contributed by atoms with Crippen LogP contribution in [0.1, 0.15) is 27.0 Å². The minimum absolute atomic E-state index is 0.0109. The molecule has 0 saturated carbocycles. The van der Waals surface area contributed by atoms with Crippen molar-refractivity contribution in [2.75, 3.05) is 36.9 Å². The average Bonchev–Trinajstić information content (AvgIpc) is 2.95. The Hall–Kier alpha value is -4.28. The third-order valence-electron chi connectivity index (χ3n) is 6.60. The van der Waals surface area contributed by atoms with Gasteiger partial charge in [-0.05, 0) is 48.4 Å². The van der Waals surface area contributed by atoms with Crippen LogP contribution in [0.3, 0.4) is 0 Å². The molecule has 1 aliphatic rings. The summed E-state index contributed by atoms with van der Waals surface area (Å²) in [4.78, 5) is 23.3. The maximum Gasteiger partial charge on any atom is 0.419 e. The number of rotatable bonds is 7. The molecule has 7 nitrogen and oxygen atoms in total. The second-order valence-corrected chi connectivity index (χ2v) is 9.51. The van der Waals surface area contributed by atoms with Gasteiger partial charge in [0.05, 0.1) is 18.9 Å². The van der Waals surface area contributed by atoms with Crippen molar-refractivity contribution in [3.8, 4) is 11.3 Å². The largest absolute Gasteiger partial charge is 0.419 e. The number of halogens is 3. The van der Waals surface area contributed by atoms with E-state index in [2.05, 4.69) is 31.6 Å². The lowest BCUT2D eigenvalue weighted by Crippen LogP contribution is -2.35. The monoisotopic (exact) mass is 547 g/mol. The van der Waals surface area contributed by atoms with E-state index in [1.165, 1.54) is 0 Å². The van der Waals surface area contributed by atoms with Gasteiger partial charge in [0.1, 0.15) is 5.56 Å². The third-order valence-corrected chi connectivity index (χ3v) is 6.60. The number of aromatic nitrogens is 2. The molecule has 0 radical (unpaired) electrons. The van der Waals surface area contributed by atoms with Gasteiger partial charge in [0.25, 0.3) is 5.91 Å². The molecule has 1 amide bonds. The molecule has 0 spiro atoms. The molecule has 0 aliphatic carbocycles. The van der Waals surface area contributed by atoms with Gasteiger partial charge in [-0.15, -0.1) is 0 Å². The number of aryl methyl sites for hydroxylation is 1. The van der Waals surface area contributed by atoms with E-state index in [-0.39, 0.29) is 17.5 Å². The molecule has 2 N–H and O–H groups in total. The molecule has 2 heterocycles. The fourth-order valence-electron chi connectivity index (χ4n) is 4.41. The van der Waals surface area contributed by atoms with E-state index in [4.69, 9.17) is 4.74 Å². The van der Waals surface area contributed by atoms with Crippen LogP contribution < -0.4 is 10.6 Å². The first kappa shape index (κ1) is 27.3. The van der Waals surface area contributed by atoms with Crippen molar-refractivity contribution in [3.63, 3.8) is 0 Å². The minimum atomic E-state index is -4.60. The maximum atomic E-state index is 13.6. The molecule has 0 atom stereocenters. The number of nitrogens with one attached hydrogen (secondary N) is 2. The summed E-state index contributed by atoms with van der Waals surface area (Å²) in [7, 11) is 0. The van der Waals surface area contributed by atoms with E-state index < -0.39 is 11.7 Å². The van der Waals surface area contributed by atoms with Crippen LogP contribution >= 0.6 is 0 Å². The fourth-order valence-corrected chi connectivity index (χ4v) is 4.41. The van der Waals surface area contributed by atoms with Crippen molar-refractivity contribution in [2.45, 2.75) is 19.6 Å². The number of hydrogen-bond donors (Lipinski definition) is 2. The topological polar surface area (TPSA) is 79.4 Å². The maximum absolute atomic E-state index is 13.6. The molecule has 0 bridgehead atoms. The normalized spacial score (nSPS) is 14.1. The van der Waals surface area contributed by atoms with E-state index in [9.17, 15) is 18.0 Å². The number of alkyl halides is 3. The zero-order valence-electron chi connectivity index (χ0n) is 21.8. The first-order chi connectivity index (χ1) is 19.3. The van der Waals surface area contributed by atoms with Crippen LogP contribution in [0.4, 0.5) is 30.5 Å². The number of carbonyl (C=O) groups excluding carboxylic acids is 1. The van der Waals surface area contributed by atoms with Gasteiger partial charge >= 0.3 is 6.18 Å². The van der Waals surface area contributed by atoms with Gasteiger partial charge in [-0.3, -0.25) is 9.69 Å². The summed E-state index contributed by atoms with van der Waals surface area (Å²) >= 11 is 0. The van der Waals surface area contributed by atoms with E-state index >= 15 is 0 Å². The van der Waals surface area contributed by atoms with Crippen LogP contribution in [0.15, 0.2) is 79.0 Å². The van der Waals surface area contributed by atoms with E-state index in [1.807, 2.05) is 19.1 Å². The number of hydrogen-bond acceptors (Lipinski definition) is 6. The van der Waals surface area contributed by atoms with Crippen molar-refractivity contribution in [1.82, 2.24) is 14.9 Å². The number of anilines is 3. The molecule has 5 rings (SSSR count). The predicted octanol–water partition coefficient (Wildman–Crippen LogP) is 6.30. The van der Waals surface area contributed by atoms with Gasteiger partial charge < -0.3 is 15.4 Å². The fraction of sp³-hybridized carbons (Fsp3) is 0.233. The molecule has 1 aliphatic heterocycles. The predicted molar refractivity (Wildman–Crippen MR) is 147 cm³/mol. The highest BCUT2D eigenvalue weighted by atomic mass is 19.4. The van der Waals surface area contributed by atoms with Gasteiger partial charge in [-0.25, -0.2) is 9.97 Å². The first-order valence-electron chi connectivity index (χ1n) is 12.8. The number of nitrogens with zero attached hydrogens (tertiary/aromatic N) is 3. The summed E-state index contributed by atoms with van der Waals surface area (Å²) in [5.74, 6) is -0.257. The van der Waals surface area contributed by atoms with Crippen LogP contribution in [-0.4, -0.2) is 47.1 Å². The van der Waals surface area contributed by atoms with Crippen LogP contribution in [0.2, 0.25) is 0 Å². The molecule has 1 aromatic heterocycles. The van der Waals surface area contributed by atoms with Gasteiger partial charge in [-0.1, -0.05) is 42.5 Å². The Kier molecular flexibility index (Phi) is 8.09. The third kappa shape index (κ3) is 6.64. The smallest absolute Gasteiger partial charge is 0.379 e. The van der Waals surface area contributed by atoms with Crippen molar-refractivity contribution in [1.29, 1.82) is 0 Å². The summed E-state index contributed by atoms with van der Waals surface area (Å²) in [6, 6.07) is 20.8. The molecule has 10 heteroatoms. The highest BCUT2D eigenvalue weighted by Crippen LogP contribution is 2.36. The van der Waals surface area contributed by atoms with Crippen LogP contribution in [0, 0.1) is 6.92 Å². The van der Waals surface area contributed by atoms with Crippen LogP contribution in [-0.2, 0) is 17.5 Å². The van der Waals surface area contributed by atoms with Gasteiger partial charge in [0, 0.05) is 48.3 Å². The zero-order chi connectivity index (χ0) is 28.1. The summed E-state index contributed by atoms with van der Waals surface area (Å²) in [5, 5.41) is 5.91. The minimum Gasteiger partial charge on any atom is -0.379 e. The number of ether oxygens (including phenoxy) is 1. The standard InChI is InChI=1S/C30H28F3N5O2/c1-20-7-8-21(19-38-13-15-40-16-14-38)17-26(20)36-28(39)23-9-11-24(12-10-23)35-29-34-18-25(30(31,32)33)27(37-29)22-5-3-2-4-6-22/h2-12,17-18H,13-16,19H2,1H3,(H,36,39)(H,34,35,37). The molecule has 1 fully saturated rings. The summed E-state index contributed by atoms with van der Waals surface area (Å²) in [5.41, 5.74) is 2.95.